The van der Waals surface area contributed by atoms with Gasteiger partial charge in [-0.25, -0.2) is 0 Å². The van der Waals surface area contributed by atoms with E-state index in [1.165, 1.54) is 6.42 Å². The van der Waals surface area contributed by atoms with Gasteiger partial charge in [0, 0.05) is 5.02 Å². The molecule has 104 valence electrons. The van der Waals surface area contributed by atoms with Crippen molar-refractivity contribution in [1.82, 2.24) is 10.6 Å². The van der Waals surface area contributed by atoms with Gasteiger partial charge in [-0.05, 0) is 44.0 Å². The normalized spacial score (nSPS) is 21.5. The Hall–Kier alpha value is -1.06. The van der Waals surface area contributed by atoms with E-state index in [2.05, 4.69) is 10.6 Å². The SMILES string of the molecule is C[C@@H](NC(=O)C1CCCCCN1)c1cccc(Cl)c1. The molecule has 2 atom stereocenters. The molecule has 0 saturated carbocycles. The molecular weight excluding hydrogens is 260 g/mol. The molecule has 3 nitrogen and oxygen atoms in total. The molecule has 1 aromatic rings. The van der Waals surface area contributed by atoms with E-state index >= 15 is 0 Å². The van der Waals surface area contributed by atoms with Crippen molar-refractivity contribution < 1.29 is 4.79 Å². The summed E-state index contributed by atoms with van der Waals surface area (Å²) in [6.07, 6.45) is 4.42. The zero-order chi connectivity index (χ0) is 13.7. The lowest BCUT2D eigenvalue weighted by atomic mass is 10.1. The summed E-state index contributed by atoms with van der Waals surface area (Å²) in [5, 5.41) is 7.07. The number of carbonyl (C=O) groups excluding carboxylic acids is 1. The van der Waals surface area contributed by atoms with E-state index in [1.54, 1.807) is 0 Å². The highest BCUT2D eigenvalue weighted by Crippen LogP contribution is 2.18. The van der Waals surface area contributed by atoms with Crippen LogP contribution < -0.4 is 10.6 Å². The number of rotatable bonds is 3. The second-order valence-electron chi connectivity index (χ2n) is 5.14. The van der Waals surface area contributed by atoms with Crippen LogP contribution in [0.2, 0.25) is 5.02 Å². The third-order valence-corrected chi connectivity index (χ3v) is 3.82. The van der Waals surface area contributed by atoms with Gasteiger partial charge in [-0.1, -0.05) is 36.6 Å². The average molecular weight is 281 g/mol. The summed E-state index contributed by atoms with van der Waals surface area (Å²) < 4.78 is 0. The Kier molecular flexibility index (Phi) is 5.23. The fourth-order valence-electron chi connectivity index (χ4n) is 2.43. The molecule has 0 aliphatic carbocycles. The van der Waals surface area contributed by atoms with E-state index in [1.807, 2.05) is 31.2 Å². The molecule has 0 radical (unpaired) electrons. The summed E-state index contributed by atoms with van der Waals surface area (Å²) in [4.78, 5) is 12.2. The highest BCUT2D eigenvalue weighted by molar-refractivity contribution is 6.30. The van der Waals surface area contributed by atoms with Crippen LogP contribution in [0.5, 0.6) is 0 Å². The maximum absolute atomic E-state index is 12.2. The fraction of sp³-hybridized carbons (Fsp3) is 0.533. The van der Waals surface area contributed by atoms with Gasteiger partial charge in [0.05, 0.1) is 12.1 Å². The zero-order valence-corrected chi connectivity index (χ0v) is 12.0. The van der Waals surface area contributed by atoms with Crippen molar-refractivity contribution in [2.24, 2.45) is 0 Å². The first kappa shape index (κ1) is 14.4. The van der Waals surface area contributed by atoms with Gasteiger partial charge in [0.1, 0.15) is 0 Å². The summed E-state index contributed by atoms with van der Waals surface area (Å²) in [6, 6.07) is 7.56. The molecule has 1 unspecified atom stereocenters. The monoisotopic (exact) mass is 280 g/mol. The van der Waals surface area contributed by atoms with E-state index in [4.69, 9.17) is 11.6 Å². The number of hydrogen-bond acceptors (Lipinski definition) is 2. The van der Waals surface area contributed by atoms with Crippen LogP contribution in [0.15, 0.2) is 24.3 Å². The van der Waals surface area contributed by atoms with Crippen molar-refractivity contribution in [3.8, 4) is 0 Å². The number of benzene rings is 1. The van der Waals surface area contributed by atoms with Crippen molar-refractivity contribution in [3.63, 3.8) is 0 Å². The summed E-state index contributed by atoms with van der Waals surface area (Å²) in [6.45, 7) is 2.92. The largest absolute Gasteiger partial charge is 0.348 e. The smallest absolute Gasteiger partial charge is 0.237 e. The Labute approximate surface area is 119 Å². The van der Waals surface area contributed by atoms with Crippen LogP contribution >= 0.6 is 11.6 Å². The molecule has 2 N–H and O–H groups in total. The molecule has 1 amide bonds. The summed E-state index contributed by atoms with van der Waals surface area (Å²) in [5.41, 5.74) is 1.04. The van der Waals surface area contributed by atoms with Crippen molar-refractivity contribution in [2.45, 2.75) is 44.7 Å². The van der Waals surface area contributed by atoms with Crippen LogP contribution in [0.25, 0.3) is 0 Å². The topological polar surface area (TPSA) is 41.1 Å². The summed E-state index contributed by atoms with van der Waals surface area (Å²) >= 11 is 5.97. The lowest BCUT2D eigenvalue weighted by Crippen LogP contribution is -2.44. The Morgan fingerprint density at radius 3 is 3.05 bits per heavy atom. The standard InChI is InChI=1S/C15H21ClN2O/c1-11(12-6-5-7-13(16)10-12)18-15(19)14-8-3-2-4-9-17-14/h5-7,10-11,14,17H,2-4,8-9H2,1H3,(H,18,19)/t11-,14?/m1/s1. The van der Waals surface area contributed by atoms with Gasteiger partial charge >= 0.3 is 0 Å². The minimum Gasteiger partial charge on any atom is -0.348 e. The third kappa shape index (κ3) is 4.22. The van der Waals surface area contributed by atoms with Gasteiger partial charge < -0.3 is 10.6 Å². The molecule has 4 heteroatoms. The van der Waals surface area contributed by atoms with Crippen LogP contribution in [-0.4, -0.2) is 18.5 Å². The molecule has 19 heavy (non-hydrogen) atoms. The lowest BCUT2D eigenvalue weighted by Gasteiger charge is -2.20. The zero-order valence-electron chi connectivity index (χ0n) is 11.3. The maximum atomic E-state index is 12.2. The van der Waals surface area contributed by atoms with E-state index in [0.29, 0.717) is 5.02 Å². The van der Waals surface area contributed by atoms with Crippen LogP contribution in [0.1, 0.15) is 44.2 Å². The van der Waals surface area contributed by atoms with Crippen molar-refractivity contribution in [3.05, 3.63) is 34.9 Å². The quantitative estimate of drug-likeness (QED) is 0.893. The predicted octanol–water partition coefficient (Wildman–Crippen LogP) is 3.05. The highest BCUT2D eigenvalue weighted by atomic mass is 35.5. The Bertz CT molecular complexity index is 428. The van der Waals surface area contributed by atoms with E-state index < -0.39 is 0 Å². The Morgan fingerprint density at radius 2 is 2.26 bits per heavy atom. The highest BCUT2D eigenvalue weighted by Gasteiger charge is 2.21. The molecular formula is C15H21ClN2O. The number of hydrogen-bond donors (Lipinski definition) is 2. The van der Waals surface area contributed by atoms with Crippen LogP contribution in [0.3, 0.4) is 0 Å². The number of amides is 1. The second kappa shape index (κ2) is 6.92. The molecule has 1 aliphatic heterocycles. The summed E-state index contributed by atoms with van der Waals surface area (Å²) in [7, 11) is 0. The average Bonchev–Trinajstić information content (AvgIpc) is 2.67. The number of carbonyl (C=O) groups is 1. The molecule has 1 heterocycles. The molecule has 1 saturated heterocycles. The minimum absolute atomic E-state index is 0.0174. The predicted molar refractivity (Wildman–Crippen MR) is 78.3 cm³/mol. The lowest BCUT2D eigenvalue weighted by molar-refractivity contribution is -0.123. The fourth-order valence-corrected chi connectivity index (χ4v) is 2.62. The molecule has 2 rings (SSSR count). The van der Waals surface area contributed by atoms with Crippen LogP contribution in [-0.2, 0) is 4.79 Å². The van der Waals surface area contributed by atoms with E-state index in [0.717, 1.165) is 31.4 Å². The first-order valence-corrected chi connectivity index (χ1v) is 7.34. The molecule has 1 aliphatic rings. The molecule has 0 spiro atoms. The van der Waals surface area contributed by atoms with Crippen molar-refractivity contribution in [1.29, 1.82) is 0 Å². The second-order valence-corrected chi connectivity index (χ2v) is 5.58. The first-order valence-electron chi connectivity index (χ1n) is 6.96. The first-order chi connectivity index (χ1) is 9.16. The third-order valence-electron chi connectivity index (χ3n) is 3.58. The van der Waals surface area contributed by atoms with Crippen molar-refractivity contribution >= 4 is 17.5 Å². The minimum atomic E-state index is -0.0517. The van der Waals surface area contributed by atoms with Crippen molar-refractivity contribution in [2.75, 3.05) is 6.54 Å². The van der Waals surface area contributed by atoms with Crippen LogP contribution in [0, 0.1) is 0 Å². The number of halogens is 1. The van der Waals surface area contributed by atoms with Crippen LogP contribution in [0.4, 0.5) is 0 Å². The van der Waals surface area contributed by atoms with Gasteiger partial charge in [0.25, 0.3) is 0 Å². The summed E-state index contributed by atoms with van der Waals surface area (Å²) in [5.74, 6) is 0.0920. The molecule has 0 aromatic heterocycles. The van der Waals surface area contributed by atoms with Gasteiger partial charge in [-0.15, -0.1) is 0 Å². The van der Waals surface area contributed by atoms with E-state index in [9.17, 15) is 4.79 Å². The van der Waals surface area contributed by atoms with E-state index in [-0.39, 0.29) is 18.0 Å². The molecule has 1 fully saturated rings. The maximum Gasteiger partial charge on any atom is 0.237 e. The molecule has 0 bridgehead atoms. The van der Waals surface area contributed by atoms with Gasteiger partial charge in [0.15, 0.2) is 0 Å². The Morgan fingerprint density at radius 1 is 1.42 bits per heavy atom. The van der Waals surface area contributed by atoms with Gasteiger partial charge in [-0.3, -0.25) is 4.79 Å². The molecule has 1 aromatic carbocycles. The van der Waals surface area contributed by atoms with Gasteiger partial charge in [-0.2, -0.15) is 0 Å². The Balaban J connectivity index is 1.94. The number of nitrogens with one attached hydrogen (secondary N) is 2. The van der Waals surface area contributed by atoms with Gasteiger partial charge in [0.2, 0.25) is 5.91 Å².